The maximum absolute atomic E-state index is 12.1. The third-order valence-electron chi connectivity index (χ3n) is 7.52. The van der Waals surface area contributed by atoms with Gasteiger partial charge in [0.25, 0.3) is 0 Å². The van der Waals surface area contributed by atoms with Gasteiger partial charge in [-0.25, -0.2) is 0 Å². The van der Waals surface area contributed by atoms with Gasteiger partial charge in [-0.15, -0.1) is 0 Å². The van der Waals surface area contributed by atoms with E-state index >= 15 is 0 Å². The van der Waals surface area contributed by atoms with Gasteiger partial charge in [0.1, 0.15) is 0 Å². The Kier molecular flexibility index (Phi) is 19.8. The Labute approximate surface area is 196 Å². The first-order valence-corrected chi connectivity index (χ1v) is 14.1. The van der Waals surface area contributed by atoms with Crippen molar-refractivity contribution >= 4 is 5.97 Å². The lowest BCUT2D eigenvalue weighted by Crippen LogP contribution is -2.35. The summed E-state index contributed by atoms with van der Waals surface area (Å²) in [4.78, 5) is 12.1. The molecule has 186 valence electrons. The molecule has 0 aliphatic rings. The number of carbonyl (C=O) groups is 1. The molecule has 0 aliphatic carbocycles. The van der Waals surface area contributed by atoms with Gasteiger partial charge in [0.05, 0.1) is 5.41 Å². The fraction of sp³-hybridized carbons (Fsp3) is 0.966. The summed E-state index contributed by atoms with van der Waals surface area (Å²) in [5.41, 5.74) is -0.533. The minimum absolute atomic E-state index is 0.326. The molecule has 0 rings (SSSR count). The molecule has 0 aromatic carbocycles. The lowest BCUT2D eigenvalue weighted by atomic mass is 9.70. The second kappa shape index (κ2) is 20.1. The summed E-state index contributed by atoms with van der Waals surface area (Å²) in [6.45, 7) is 11.1. The highest BCUT2D eigenvalue weighted by Gasteiger charge is 2.39. The number of carboxylic acids is 1. The van der Waals surface area contributed by atoms with Crippen molar-refractivity contribution in [3.63, 3.8) is 0 Å². The van der Waals surface area contributed by atoms with Crippen LogP contribution in [0, 0.1) is 17.3 Å². The highest BCUT2D eigenvalue weighted by Crippen LogP contribution is 2.39. The van der Waals surface area contributed by atoms with Gasteiger partial charge in [-0.2, -0.15) is 0 Å². The van der Waals surface area contributed by atoms with Crippen LogP contribution >= 0.6 is 0 Å². The number of unbranched alkanes of at least 4 members (excludes halogenated alkanes) is 14. The summed E-state index contributed by atoms with van der Waals surface area (Å²) in [5, 5.41) is 9.98. The molecule has 2 unspecified atom stereocenters. The second-order valence-electron chi connectivity index (χ2n) is 10.9. The molecule has 2 atom stereocenters. The number of rotatable bonds is 23. The number of hydrogen-bond acceptors (Lipinski definition) is 1. The van der Waals surface area contributed by atoms with Crippen molar-refractivity contribution in [3.8, 4) is 0 Å². The first-order chi connectivity index (χ1) is 14.9. The van der Waals surface area contributed by atoms with Crippen molar-refractivity contribution in [2.75, 3.05) is 0 Å². The summed E-state index contributed by atoms with van der Waals surface area (Å²) in [6.07, 6.45) is 25.3. The van der Waals surface area contributed by atoms with Crippen molar-refractivity contribution in [1.82, 2.24) is 0 Å². The molecule has 0 aromatic heterocycles. The molecular weight excluding hydrogens is 380 g/mol. The average Bonchev–Trinajstić information content (AvgIpc) is 2.73. The van der Waals surface area contributed by atoms with Gasteiger partial charge < -0.3 is 5.11 Å². The molecule has 0 spiro atoms. The molecule has 0 bridgehead atoms. The largest absolute Gasteiger partial charge is 0.481 e. The molecule has 2 heteroatoms. The third-order valence-corrected chi connectivity index (χ3v) is 7.52. The Morgan fingerprint density at radius 3 is 1.52 bits per heavy atom. The van der Waals surface area contributed by atoms with Crippen LogP contribution in [0.4, 0.5) is 0 Å². The van der Waals surface area contributed by atoms with Crippen molar-refractivity contribution in [2.45, 2.75) is 163 Å². The molecule has 1 N–H and O–H groups in total. The van der Waals surface area contributed by atoms with Crippen LogP contribution in [-0.2, 0) is 4.79 Å². The molecule has 0 amide bonds. The van der Waals surface area contributed by atoms with Crippen LogP contribution in [0.15, 0.2) is 0 Å². The van der Waals surface area contributed by atoms with Crippen LogP contribution < -0.4 is 0 Å². The van der Waals surface area contributed by atoms with Gasteiger partial charge in [-0.3, -0.25) is 4.79 Å². The van der Waals surface area contributed by atoms with Crippen molar-refractivity contribution < 1.29 is 9.90 Å². The Bertz CT molecular complexity index is 404. The van der Waals surface area contributed by atoms with E-state index in [1.807, 2.05) is 6.92 Å². The quantitative estimate of drug-likeness (QED) is 0.161. The van der Waals surface area contributed by atoms with Gasteiger partial charge in [-0.05, 0) is 31.6 Å². The molecule has 0 fully saturated rings. The fourth-order valence-corrected chi connectivity index (χ4v) is 5.09. The number of carboxylic acid groups (broad SMARTS) is 1. The summed E-state index contributed by atoms with van der Waals surface area (Å²) < 4.78 is 0. The lowest BCUT2D eigenvalue weighted by Gasteiger charge is -2.34. The van der Waals surface area contributed by atoms with Gasteiger partial charge >= 0.3 is 5.97 Å². The van der Waals surface area contributed by atoms with E-state index in [2.05, 4.69) is 27.7 Å². The molecule has 0 aromatic rings. The van der Waals surface area contributed by atoms with E-state index in [0.717, 1.165) is 31.6 Å². The van der Waals surface area contributed by atoms with E-state index in [0.29, 0.717) is 5.92 Å². The van der Waals surface area contributed by atoms with Crippen molar-refractivity contribution in [2.24, 2.45) is 17.3 Å². The summed E-state index contributed by atoms with van der Waals surface area (Å²) >= 11 is 0. The first kappa shape index (κ1) is 30.5. The number of hydrogen-bond donors (Lipinski definition) is 1. The van der Waals surface area contributed by atoms with Crippen LogP contribution in [0.25, 0.3) is 0 Å². The Hall–Kier alpha value is -0.530. The Balaban J connectivity index is 3.88. The Morgan fingerprint density at radius 2 is 1.10 bits per heavy atom. The van der Waals surface area contributed by atoms with E-state index in [1.165, 1.54) is 103 Å². The lowest BCUT2D eigenvalue weighted by molar-refractivity contribution is -0.152. The molecular formula is C29H58O2. The Morgan fingerprint density at radius 1 is 0.677 bits per heavy atom. The van der Waals surface area contributed by atoms with E-state index < -0.39 is 11.4 Å². The summed E-state index contributed by atoms with van der Waals surface area (Å²) in [7, 11) is 0. The number of aliphatic carboxylic acids is 1. The zero-order valence-electron chi connectivity index (χ0n) is 22.2. The highest BCUT2D eigenvalue weighted by molar-refractivity contribution is 5.74. The van der Waals surface area contributed by atoms with E-state index in [1.54, 1.807) is 0 Å². The van der Waals surface area contributed by atoms with E-state index in [-0.39, 0.29) is 0 Å². The SMILES string of the molecule is CCCCCCCC(CC)C(C)(CCCCCCCCCCCCCC(C)C)C(=O)O. The minimum atomic E-state index is -0.568. The zero-order chi connectivity index (χ0) is 23.4. The normalized spacial score (nSPS) is 14.6. The van der Waals surface area contributed by atoms with E-state index in [9.17, 15) is 9.90 Å². The van der Waals surface area contributed by atoms with Crippen LogP contribution in [0.3, 0.4) is 0 Å². The van der Waals surface area contributed by atoms with Crippen LogP contribution in [0.2, 0.25) is 0 Å². The minimum Gasteiger partial charge on any atom is -0.481 e. The predicted octanol–water partition coefficient (Wildman–Crippen LogP) is 10.2. The monoisotopic (exact) mass is 438 g/mol. The molecule has 31 heavy (non-hydrogen) atoms. The van der Waals surface area contributed by atoms with Gasteiger partial charge in [0, 0.05) is 0 Å². The standard InChI is InChI=1S/C29H58O2/c1-6-8-9-17-21-24-27(7-2)29(5,28(30)31)25-22-19-16-14-12-10-11-13-15-18-20-23-26(3)4/h26-27H,6-25H2,1-5H3,(H,30,31). The first-order valence-electron chi connectivity index (χ1n) is 14.1. The maximum Gasteiger partial charge on any atom is 0.309 e. The van der Waals surface area contributed by atoms with E-state index in [4.69, 9.17) is 0 Å². The molecule has 0 saturated heterocycles. The summed E-state index contributed by atoms with van der Waals surface area (Å²) in [5.74, 6) is 0.616. The average molecular weight is 439 g/mol. The fourth-order valence-electron chi connectivity index (χ4n) is 5.09. The van der Waals surface area contributed by atoms with Gasteiger partial charge in [0.2, 0.25) is 0 Å². The molecule has 0 radical (unpaired) electrons. The van der Waals surface area contributed by atoms with Crippen molar-refractivity contribution in [3.05, 3.63) is 0 Å². The molecule has 2 nitrogen and oxygen atoms in total. The topological polar surface area (TPSA) is 37.3 Å². The zero-order valence-corrected chi connectivity index (χ0v) is 22.2. The maximum atomic E-state index is 12.1. The molecule has 0 aliphatic heterocycles. The highest BCUT2D eigenvalue weighted by atomic mass is 16.4. The van der Waals surface area contributed by atoms with Gasteiger partial charge in [0.15, 0.2) is 0 Å². The predicted molar refractivity (Wildman–Crippen MR) is 138 cm³/mol. The van der Waals surface area contributed by atoms with Crippen LogP contribution in [0.5, 0.6) is 0 Å². The van der Waals surface area contributed by atoms with Crippen LogP contribution in [0.1, 0.15) is 163 Å². The van der Waals surface area contributed by atoms with Crippen molar-refractivity contribution in [1.29, 1.82) is 0 Å². The van der Waals surface area contributed by atoms with Crippen LogP contribution in [-0.4, -0.2) is 11.1 Å². The third kappa shape index (κ3) is 15.8. The second-order valence-corrected chi connectivity index (χ2v) is 10.9. The smallest absolute Gasteiger partial charge is 0.309 e. The van der Waals surface area contributed by atoms with Gasteiger partial charge in [-0.1, -0.05) is 143 Å². The molecule has 0 heterocycles. The molecule has 0 saturated carbocycles. The summed E-state index contributed by atoms with van der Waals surface area (Å²) in [6, 6.07) is 0.